The second kappa shape index (κ2) is 7.19. The average Bonchev–Trinajstić information content (AvgIpc) is 3.54. The Bertz CT molecular complexity index is 681. The van der Waals surface area contributed by atoms with E-state index in [9.17, 15) is 0 Å². The van der Waals surface area contributed by atoms with Gasteiger partial charge in [0.1, 0.15) is 11.5 Å². The normalized spacial score (nSPS) is 21.2. The summed E-state index contributed by atoms with van der Waals surface area (Å²) in [6, 6.07) is 13.1. The van der Waals surface area contributed by atoms with E-state index in [1.165, 1.54) is 22.3 Å². The van der Waals surface area contributed by atoms with Crippen LogP contribution in [-0.4, -0.2) is 25.4 Å². The maximum Gasteiger partial charge on any atom is 0.130 e. The van der Waals surface area contributed by atoms with Crippen molar-refractivity contribution >= 4 is 0 Å². The van der Waals surface area contributed by atoms with Crippen molar-refractivity contribution in [1.29, 1.82) is 0 Å². The third-order valence-electron chi connectivity index (χ3n) is 4.99. The molecule has 0 N–H and O–H groups in total. The zero-order valence-electron chi connectivity index (χ0n) is 15.1. The summed E-state index contributed by atoms with van der Waals surface area (Å²) >= 11 is 0. The van der Waals surface area contributed by atoms with Gasteiger partial charge in [-0.3, -0.25) is 0 Å². The topological polar surface area (TPSA) is 34.3 Å². The minimum Gasteiger partial charge on any atom is -0.457 e. The van der Waals surface area contributed by atoms with Gasteiger partial charge >= 0.3 is 0 Å². The van der Waals surface area contributed by atoms with Crippen LogP contribution in [0.25, 0.3) is 0 Å². The van der Waals surface area contributed by atoms with Crippen LogP contribution in [0.1, 0.15) is 36.1 Å². The summed E-state index contributed by atoms with van der Waals surface area (Å²) in [5, 5.41) is 0. The van der Waals surface area contributed by atoms with Crippen molar-refractivity contribution in [2.45, 2.75) is 51.7 Å². The fourth-order valence-corrected chi connectivity index (χ4v) is 3.20. The first kappa shape index (κ1) is 16.6. The van der Waals surface area contributed by atoms with Gasteiger partial charge in [0.05, 0.1) is 25.4 Å². The zero-order chi connectivity index (χ0) is 17.2. The minimum absolute atomic E-state index is 0.358. The molecule has 4 rings (SSSR count). The van der Waals surface area contributed by atoms with E-state index in [2.05, 4.69) is 50.2 Å². The molecule has 2 heterocycles. The molecule has 132 valence electrons. The van der Waals surface area contributed by atoms with E-state index in [-0.39, 0.29) is 0 Å². The Kier molecular flexibility index (Phi) is 4.78. The fraction of sp³-hybridized carbons (Fsp3) is 0.455. The summed E-state index contributed by atoms with van der Waals surface area (Å²) in [7, 11) is 0. The summed E-state index contributed by atoms with van der Waals surface area (Å²) in [4.78, 5) is 0. The van der Waals surface area contributed by atoms with Crippen molar-refractivity contribution in [3.63, 3.8) is 0 Å². The maximum absolute atomic E-state index is 6.39. The van der Waals surface area contributed by atoms with Crippen molar-refractivity contribution in [3.05, 3.63) is 58.7 Å². The molecule has 0 bridgehead atoms. The lowest BCUT2D eigenvalue weighted by atomic mass is 10.0. The van der Waals surface area contributed by atoms with Crippen LogP contribution in [-0.2, 0) is 35.2 Å². The van der Waals surface area contributed by atoms with Gasteiger partial charge in [0.2, 0.25) is 0 Å². The standard InChI is InChI=1S/C22H26O3/c1-3-15-5-7-21(17(9-15)11-19-13-23-19)25-22-8-6-16(4-2)10-18(22)12-20-14-24-20/h5-10,19-20H,3-4,11-14H2,1-2H3. The van der Waals surface area contributed by atoms with Gasteiger partial charge in [0.25, 0.3) is 0 Å². The van der Waals surface area contributed by atoms with E-state index < -0.39 is 0 Å². The Labute approximate surface area is 149 Å². The molecule has 0 aromatic heterocycles. The molecule has 2 aromatic carbocycles. The van der Waals surface area contributed by atoms with Gasteiger partial charge in [-0.15, -0.1) is 0 Å². The minimum atomic E-state index is 0.358. The van der Waals surface area contributed by atoms with Gasteiger partial charge in [-0.1, -0.05) is 38.1 Å². The number of epoxide rings is 2. The van der Waals surface area contributed by atoms with E-state index >= 15 is 0 Å². The maximum atomic E-state index is 6.39. The molecule has 2 aliphatic heterocycles. The molecule has 3 nitrogen and oxygen atoms in total. The molecular weight excluding hydrogens is 312 g/mol. The Morgan fingerprint density at radius 2 is 1.24 bits per heavy atom. The molecule has 0 saturated carbocycles. The number of ether oxygens (including phenoxy) is 3. The highest BCUT2D eigenvalue weighted by atomic mass is 16.6. The molecule has 0 radical (unpaired) electrons. The van der Waals surface area contributed by atoms with Gasteiger partial charge in [0, 0.05) is 12.8 Å². The van der Waals surface area contributed by atoms with Crippen LogP contribution >= 0.6 is 0 Å². The molecule has 2 aromatic rings. The van der Waals surface area contributed by atoms with E-state index in [1.54, 1.807) is 0 Å². The van der Waals surface area contributed by atoms with Crippen LogP contribution in [0.5, 0.6) is 11.5 Å². The molecular formula is C22H26O3. The lowest BCUT2D eigenvalue weighted by molar-refractivity contribution is 0.398. The highest BCUT2D eigenvalue weighted by Crippen LogP contribution is 2.33. The number of aryl methyl sites for hydroxylation is 2. The van der Waals surface area contributed by atoms with Crippen molar-refractivity contribution in [3.8, 4) is 11.5 Å². The second-order valence-corrected chi connectivity index (χ2v) is 7.01. The van der Waals surface area contributed by atoms with Crippen molar-refractivity contribution in [2.24, 2.45) is 0 Å². The van der Waals surface area contributed by atoms with Gasteiger partial charge in [0.15, 0.2) is 0 Å². The SMILES string of the molecule is CCc1ccc(Oc2ccc(CC)cc2CC2CO2)c(CC2CO2)c1. The molecule has 0 spiro atoms. The van der Waals surface area contributed by atoms with Gasteiger partial charge < -0.3 is 14.2 Å². The summed E-state index contributed by atoms with van der Waals surface area (Å²) < 4.78 is 17.3. The van der Waals surface area contributed by atoms with Crippen LogP contribution in [0.3, 0.4) is 0 Å². The lowest BCUT2D eigenvalue weighted by Gasteiger charge is -2.16. The summed E-state index contributed by atoms with van der Waals surface area (Å²) in [6.07, 6.45) is 4.64. The van der Waals surface area contributed by atoms with Crippen molar-refractivity contribution in [2.75, 3.05) is 13.2 Å². The molecule has 2 atom stereocenters. The van der Waals surface area contributed by atoms with Crippen molar-refractivity contribution in [1.82, 2.24) is 0 Å². The fourth-order valence-electron chi connectivity index (χ4n) is 3.20. The van der Waals surface area contributed by atoms with E-state index in [1.807, 2.05) is 0 Å². The van der Waals surface area contributed by atoms with Gasteiger partial charge in [-0.2, -0.15) is 0 Å². The summed E-state index contributed by atoms with van der Waals surface area (Å²) in [5.41, 5.74) is 5.18. The third kappa shape index (κ3) is 4.23. The first-order chi connectivity index (χ1) is 12.2. The Balaban J connectivity index is 1.62. The van der Waals surface area contributed by atoms with E-state index in [0.717, 1.165) is 50.4 Å². The highest BCUT2D eigenvalue weighted by molar-refractivity contribution is 5.45. The smallest absolute Gasteiger partial charge is 0.130 e. The zero-order valence-corrected chi connectivity index (χ0v) is 15.1. The molecule has 3 heteroatoms. The largest absolute Gasteiger partial charge is 0.457 e. The van der Waals surface area contributed by atoms with Crippen LogP contribution in [0, 0.1) is 0 Å². The second-order valence-electron chi connectivity index (χ2n) is 7.01. The molecule has 2 aliphatic rings. The number of hydrogen-bond acceptors (Lipinski definition) is 3. The Morgan fingerprint density at radius 1 is 0.800 bits per heavy atom. The predicted molar refractivity (Wildman–Crippen MR) is 98.6 cm³/mol. The third-order valence-corrected chi connectivity index (χ3v) is 4.99. The molecule has 2 saturated heterocycles. The molecule has 2 fully saturated rings. The van der Waals surface area contributed by atoms with Crippen LogP contribution in [0.4, 0.5) is 0 Å². The monoisotopic (exact) mass is 338 g/mol. The van der Waals surface area contributed by atoms with Crippen LogP contribution < -0.4 is 4.74 Å². The number of hydrogen-bond donors (Lipinski definition) is 0. The molecule has 0 amide bonds. The van der Waals surface area contributed by atoms with Crippen LogP contribution in [0.15, 0.2) is 36.4 Å². The highest BCUT2D eigenvalue weighted by Gasteiger charge is 2.26. The van der Waals surface area contributed by atoms with E-state index in [0.29, 0.717) is 12.2 Å². The van der Waals surface area contributed by atoms with Crippen LogP contribution in [0.2, 0.25) is 0 Å². The molecule has 0 aliphatic carbocycles. The Hall–Kier alpha value is -1.84. The van der Waals surface area contributed by atoms with E-state index in [4.69, 9.17) is 14.2 Å². The Morgan fingerprint density at radius 3 is 1.60 bits per heavy atom. The van der Waals surface area contributed by atoms with Crippen molar-refractivity contribution < 1.29 is 14.2 Å². The molecule has 25 heavy (non-hydrogen) atoms. The first-order valence-corrected chi connectivity index (χ1v) is 9.39. The quantitative estimate of drug-likeness (QED) is 0.665. The summed E-state index contributed by atoms with van der Waals surface area (Å²) in [6.45, 7) is 6.10. The number of benzene rings is 2. The summed E-state index contributed by atoms with van der Waals surface area (Å²) in [5.74, 6) is 1.91. The lowest BCUT2D eigenvalue weighted by Crippen LogP contribution is -2.02. The molecule has 2 unspecified atom stereocenters. The predicted octanol–water partition coefficient (Wildman–Crippen LogP) is 4.49. The van der Waals surface area contributed by atoms with Gasteiger partial charge in [-0.05, 0) is 47.2 Å². The average molecular weight is 338 g/mol. The first-order valence-electron chi connectivity index (χ1n) is 9.39. The number of rotatable bonds is 8. The van der Waals surface area contributed by atoms with Gasteiger partial charge in [-0.25, -0.2) is 0 Å².